The van der Waals surface area contributed by atoms with Crippen LogP contribution >= 0.6 is 15.9 Å². The fourth-order valence-corrected chi connectivity index (χ4v) is 4.70. The van der Waals surface area contributed by atoms with Gasteiger partial charge in [-0.25, -0.2) is 0 Å². The summed E-state index contributed by atoms with van der Waals surface area (Å²) in [4.78, 5) is 14.0. The van der Waals surface area contributed by atoms with Crippen molar-refractivity contribution in [1.29, 1.82) is 0 Å². The number of benzene rings is 3. The lowest BCUT2D eigenvalue weighted by Crippen LogP contribution is -2.39. The minimum atomic E-state index is -0.771. The number of halogens is 1. The Labute approximate surface area is 185 Å². The van der Waals surface area contributed by atoms with E-state index in [2.05, 4.69) is 57.2 Å². The molecule has 4 nitrogen and oxygen atoms in total. The highest BCUT2D eigenvalue weighted by atomic mass is 79.9. The highest BCUT2D eigenvalue weighted by Crippen LogP contribution is 2.40. The molecule has 0 bridgehead atoms. The van der Waals surface area contributed by atoms with Gasteiger partial charge in [-0.1, -0.05) is 70.5 Å². The van der Waals surface area contributed by atoms with Crippen molar-refractivity contribution in [2.45, 2.75) is 24.9 Å². The summed E-state index contributed by atoms with van der Waals surface area (Å²) in [6, 6.07) is 23.8. The molecule has 2 atom stereocenters. The van der Waals surface area contributed by atoms with E-state index in [0.717, 1.165) is 45.4 Å². The molecule has 0 aliphatic carbocycles. The summed E-state index contributed by atoms with van der Waals surface area (Å²) < 4.78 is 6.60. The van der Waals surface area contributed by atoms with E-state index in [-0.39, 0.29) is 6.04 Å². The summed E-state index contributed by atoms with van der Waals surface area (Å²) >= 11 is 3.57. The first kappa shape index (κ1) is 20.6. The van der Waals surface area contributed by atoms with Gasteiger partial charge in [0.25, 0.3) is 0 Å². The van der Waals surface area contributed by atoms with E-state index in [1.54, 1.807) is 7.11 Å². The Morgan fingerprint density at radius 2 is 1.77 bits per heavy atom. The van der Waals surface area contributed by atoms with Gasteiger partial charge in [0, 0.05) is 16.6 Å². The maximum Gasteiger partial charge on any atom is 0.320 e. The Balaban J connectivity index is 1.80. The number of hydrogen-bond acceptors (Lipinski definition) is 3. The van der Waals surface area contributed by atoms with Gasteiger partial charge in [0.1, 0.15) is 11.8 Å². The first-order chi connectivity index (χ1) is 14.6. The third-order valence-corrected chi connectivity index (χ3v) is 6.22. The predicted molar refractivity (Wildman–Crippen MR) is 122 cm³/mol. The molecular weight excluding hydrogens is 442 g/mol. The van der Waals surface area contributed by atoms with Gasteiger partial charge in [0.05, 0.1) is 13.2 Å². The molecule has 0 amide bonds. The molecule has 3 aromatic carbocycles. The Morgan fingerprint density at radius 3 is 2.43 bits per heavy atom. The molecule has 1 fully saturated rings. The third-order valence-electron chi connectivity index (χ3n) is 5.73. The molecule has 2 unspecified atom stereocenters. The number of methoxy groups -OCH3 is 1. The molecule has 3 aromatic rings. The first-order valence-corrected chi connectivity index (χ1v) is 10.8. The van der Waals surface area contributed by atoms with Crippen LogP contribution < -0.4 is 4.74 Å². The molecule has 0 saturated carbocycles. The van der Waals surface area contributed by atoms with Crippen LogP contribution in [-0.2, 0) is 4.79 Å². The summed E-state index contributed by atoms with van der Waals surface area (Å²) in [5, 5.41) is 9.82. The summed E-state index contributed by atoms with van der Waals surface area (Å²) in [6.45, 7) is 0.734. The highest BCUT2D eigenvalue weighted by Gasteiger charge is 2.38. The topological polar surface area (TPSA) is 49.8 Å². The molecule has 1 saturated heterocycles. The SMILES string of the molecule is COc1ccc(Br)cc1C(c1ccc(-c2ccccc2)cc1)N1CCCC1C(=O)O. The maximum absolute atomic E-state index is 12.0. The lowest BCUT2D eigenvalue weighted by molar-refractivity contribution is -0.142. The smallest absolute Gasteiger partial charge is 0.320 e. The van der Waals surface area contributed by atoms with Crippen molar-refractivity contribution in [3.8, 4) is 16.9 Å². The van der Waals surface area contributed by atoms with Gasteiger partial charge in [0.2, 0.25) is 0 Å². The molecule has 0 radical (unpaired) electrons. The second-order valence-electron chi connectivity index (χ2n) is 7.51. The van der Waals surface area contributed by atoms with E-state index in [1.807, 2.05) is 36.4 Å². The lowest BCUT2D eigenvalue weighted by atomic mass is 9.93. The summed E-state index contributed by atoms with van der Waals surface area (Å²) in [6.07, 6.45) is 1.52. The van der Waals surface area contributed by atoms with Gasteiger partial charge in [-0.3, -0.25) is 9.69 Å². The van der Waals surface area contributed by atoms with Crippen LogP contribution in [0.3, 0.4) is 0 Å². The second kappa shape index (κ2) is 9.02. The monoisotopic (exact) mass is 465 g/mol. The number of nitrogens with zero attached hydrogens (tertiary/aromatic N) is 1. The number of likely N-dealkylation sites (tertiary alicyclic amines) is 1. The molecule has 1 aliphatic heterocycles. The first-order valence-electron chi connectivity index (χ1n) is 10.1. The number of carbonyl (C=O) groups is 1. The van der Waals surface area contributed by atoms with Crippen molar-refractivity contribution < 1.29 is 14.6 Å². The minimum Gasteiger partial charge on any atom is -0.496 e. The fraction of sp³-hybridized carbons (Fsp3) is 0.240. The van der Waals surface area contributed by atoms with Crippen molar-refractivity contribution in [2.24, 2.45) is 0 Å². The summed E-state index contributed by atoms with van der Waals surface area (Å²) in [7, 11) is 1.65. The van der Waals surface area contributed by atoms with E-state index in [0.29, 0.717) is 6.42 Å². The van der Waals surface area contributed by atoms with Crippen molar-refractivity contribution >= 4 is 21.9 Å². The van der Waals surface area contributed by atoms with Crippen LogP contribution in [0.2, 0.25) is 0 Å². The number of carboxylic acids is 1. The Kier molecular flexibility index (Phi) is 6.21. The van der Waals surface area contributed by atoms with Crippen LogP contribution in [0.5, 0.6) is 5.75 Å². The van der Waals surface area contributed by atoms with Gasteiger partial charge in [-0.2, -0.15) is 0 Å². The van der Waals surface area contributed by atoms with Crippen LogP contribution in [0.15, 0.2) is 77.3 Å². The zero-order valence-electron chi connectivity index (χ0n) is 16.8. The standard InChI is InChI=1S/C25H24BrNO3/c1-30-23-14-13-20(26)16-21(23)24(27-15-5-8-22(27)25(28)29)19-11-9-18(10-12-19)17-6-3-2-4-7-17/h2-4,6-7,9-14,16,22,24H,5,8,15H2,1H3,(H,28,29). The molecule has 4 rings (SSSR count). The molecule has 154 valence electrons. The molecular formula is C25H24BrNO3. The van der Waals surface area contributed by atoms with Crippen LogP contribution in [0.25, 0.3) is 11.1 Å². The molecule has 0 spiro atoms. The zero-order valence-corrected chi connectivity index (χ0v) is 18.4. The summed E-state index contributed by atoms with van der Waals surface area (Å²) in [5.41, 5.74) is 4.31. The summed E-state index contributed by atoms with van der Waals surface area (Å²) in [5.74, 6) is -0.0151. The fourth-order valence-electron chi connectivity index (χ4n) is 4.32. The van der Waals surface area contributed by atoms with E-state index in [9.17, 15) is 9.90 Å². The molecule has 1 heterocycles. The molecule has 1 aliphatic rings. The van der Waals surface area contributed by atoms with Crippen molar-refractivity contribution in [3.63, 3.8) is 0 Å². The molecule has 30 heavy (non-hydrogen) atoms. The van der Waals surface area contributed by atoms with E-state index < -0.39 is 12.0 Å². The quantitative estimate of drug-likeness (QED) is 0.502. The number of hydrogen-bond donors (Lipinski definition) is 1. The van der Waals surface area contributed by atoms with Crippen LogP contribution in [0, 0.1) is 0 Å². The number of rotatable bonds is 6. The Bertz CT molecular complexity index is 1020. The maximum atomic E-state index is 12.0. The highest BCUT2D eigenvalue weighted by molar-refractivity contribution is 9.10. The van der Waals surface area contributed by atoms with E-state index in [4.69, 9.17) is 4.74 Å². The number of ether oxygens (including phenoxy) is 1. The van der Waals surface area contributed by atoms with Crippen molar-refractivity contribution in [2.75, 3.05) is 13.7 Å². The van der Waals surface area contributed by atoms with Gasteiger partial charge < -0.3 is 9.84 Å². The third kappa shape index (κ3) is 4.13. The predicted octanol–water partition coefficient (Wildman–Crippen LogP) is 5.76. The van der Waals surface area contributed by atoms with Gasteiger partial charge >= 0.3 is 5.97 Å². The average molecular weight is 466 g/mol. The van der Waals surface area contributed by atoms with Crippen molar-refractivity contribution in [3.05, 3.63) is 88.4 Å². The van der Waals surface area contributed by atoms with Crippen molar-refractivity contribution in [1.82, 2.24) is 4.90 Å². The number of aliphatic carboxylic acids is 1. The Hall–Kier alpha value is -2.63. The number of carboxylic acid groups (broad SMARTS) is 1. The van der Waals surface area contributed by atoms with Gasteiger partial charge in [-0.15, -0.1) is 0 Å². The van der Waals surface area contributed by atoms with Gasteiger partial charge in [0.15, 0.2) is 0 Å². The molecule has 1 N–H and O–H groups in total. The minimum absolute atomic E-state index is 0.203. The van der Waals surface area contributed by atoms with Crippen LogP contribution in [0.4, 0.5) is 0 Å². The normalized spacial score (nSPS) is 17.6. The van der Waals surface area contributed by atoms with E-state index >= 15 is 0 Å². The lowest BCUT2D eigenvalue weighted by Gasteiger charge is -2.33. The molecule has 5 heteroatoms. The van der Waals surface area contributed by atoms with Crippen LogP contribution in [0.1, 0.15) is 30.0 Å². The Morgan fingerprint density at radius 1 is 1.07 bits per heavy atom. The zero-order chi connectivity index (χ0) is 21.1. The van der Waals surface area contributed by atoms with Crippen LogP contribution in [-0.4, -0.2) is 35.7 Å². The molecule has 0 aromatic heterocycles. The van der Waals surface area contributed by atoms with Gasteiger partial charge in [-0.05, 0) is 47.7 Å². The van der Waals surface area contributed by atoms with E-state index in [1.165, 1.54) is 0 Å². The second-order valence-corrected chi connectivity index (χ2v) is 8.43. The average Bonchev–Trinajstić information content (AvgIpc) is 3.25. The largest absolute Gasteiger partial charge is 0.496 e.